The molecule has 96 valence electrons. The van der Waals surface area contributed by atoms with Gasteiger partial charge >= 0.3 is 0 Å². The fraction of sp³-hybridized carbons (Fsp3) is 0.571. The van der Waals surface area contributed by atoms with Crippen LogP contribution in [0.25, 0.3) is 0 Å². The SMILES string of the molecule is Cc1cc(F)ccc1CN(CCN)CC(C)C. The van der Waals surface area contributed by atoms with Gasteiger partial charge in [0.05, 0.1) is 0 Å². The molecule has 0 bridgehead atoms. The zero-order chi connectivity index (χ0) is 12.8. The summed E-state index contributed by atoms with van der Waals surface area (Å²) in [5.74, 6) is 0.447. The monoisotopic (exact) mass is 238 g/mol. The minimum Gasteiger partial charge on any atom is -0.329 e. The molecule has 0 aliphatic carbocycles. The van der Waals surface area contributed by atoms with Gasteiger partial charge in [0, 0.05) is 26.2 Å². The van der Waals surface area contributed by atoms with E-state index in [1.165, 1.54) is 11.6 Å². The summed E-state index contributed by atoms with van der Waals surface area (Å²) >= 11 is 0. The van der Waals surface area contributed by atoms with E-state index >= 15 is 0 Å². The molecular weight excluding hydrogens is 215 g/mol. The number of nitrogens with zero attached hydrogens (tertiary/aromatic N) is 1. The third kappa shape index (κ3) is 4.84. The minimum absolute atomic E-state index is 0.166. The first-order valence-electron chi connectivity index (χ1n) is 6.20. The van der Waals surface area contributed by atoms with Gasteiger partial charge in [0.15, 0.2) is 0 Å². The molecule has 0 saturated carbocycles. The van der Waals surface area contributed by atoms with Crippen LogP contribution in [0.2, 0.25) is 0 Å². The van der Waals surface area contributed by atoms with Crippen molar-refractivity contribution < 1.29 is 4.39 Å². The van der Waals surface area contributed by atoms with Crippen molar-refractivity contribution in [3.8, 4) is 0 Å². The van der Waals surface area contributed by atoms with Crippen molar-refractivity contribution in [2.75, 3.05) is 19.6 Å². The molecule has 1 aromatic rings. The highest BCUT2D eigenvalue weighted by molar-refractivity contribution is 5.26. The summed E-state index contributed by atoms with van der Waals surface area (Å²) in [7, 11) is 0. The van der Waals surface area contributed by atoms with E-state index in [4.69, 9.17) is 5.73 Å². The van der Waals surface area contributed by atoms with Crippen LogP contribution in [-0.2, 0) is 6.54 Å². The van der Waals surface area contributed by atoms with Gasteiger partial charge in [-0.2, -0.15) is 0 Å². The Hall–Kier alpha value is -0.930. The Balaban J connectivity index is 2.71. The Morgan fingerprint density at radius 3 is 2.59 bits per heavy atom. The van der Waals surface area contributed by atoms with Crippen LogP contribution < -0.4 is 5.73 Å². The average molecular weight is 238 g/mol. The zero-order valence-electron chi connectivity index (χ0n) is 11.0. The molecule has 17 heavy (non-hydrogen) atoms. The van der Waals surface area contributed by atoms with Crippen molar-refractivity contribution in [1.29, 1.82) is 0 Å². The number of hydrogen-bond donors (Lipinski definition) is 1. The average Bonchev–Trinajstić information content (AvgIpc) is 2.21. The fourth-order valence-electron chi connectivity index (χ4n) is 2.01. The highest BCUT2D eigenvalue weighted by Crippen LogP contribution is 2.13. The Bertz CT molecular complexity index is 350. The van der Waals surface area contributed by atoms with E-state index in [1.54, 1.807) is 6.07 Å². The van der Waals surface area contributed by atoms with Gasteiger partial charge < -0.3 is 5.73 Å². The van der Waals surface area contributed by atoms with E-state index in [9.17, 15) is 4.39 Å². The van der Waals surface area contributed by atoms with E-state index in [-0.39, 0.29) is 5.82 Å². The van der Waals surface area contributed by atoms with Crippen molar-refractivity contribution in [2.24, 2.45) is 11.7 Å². The van der Waals surface area contributed by atoms with Crippen LogP contribution in [0, 0.1) is 18.7 Å². The van der Waals surface area contributed by atoms with Crippen molar-refractivity contribution in [1.82, 2.24) is 4.90 Å². The van der Waals surface area contributed by atoms with Gasteiger partial charge in [-0.15, -0.1) is 0 Å². The lowest BCUT2D eigenvalue weighted by Crippen LogP contribution is -2.32. The minimum atomic E-state index is -0.166. The molecule has 0 heterocycles. The number of rotatable bonds is 6. The Kier molecular flexibility index (Phi) is 5.59. The predicted octanol–water partition coefficient (Wildman–Crippen LogP) is 2.55. The van der Waals surface area contributed by atoms with Crippen LogP contribution in [0.15, 0.2) is 18.2 Å². The van der Waals surface area contributed by atoms with Crippen molar-refractivity contribution in [2.45, 2.75) is 27.3 Å². The maximum absolute atomic E-state index is 13.0. The van der Waals surface area contributed by atoms with E-state index in [2.05, 4.69) is 18.7 Å². The van der Waals surface area contributed by atoms with Gasteiger partial charge in [-0.3, -0.25) is 4.90 Å². The Labute approximate surface area is 104 Å². The summed E-state index contributed by atoms with van der Waals surface area (Å²) < 4.78 is 13.0. The molecule has 0 spiro atoms. The third-order valence-corrected chi connectivity index (χ3v) is 2.77. The first kappa shape index (κ1) is 14.1. The second-order valence-electron chi connectivity index (χ2n) is 4.99. The number of nitrogens with two attached hydrogens (primary N) is 1. The van der Waals surface area contributed by atoms with Crippen molar-refractivity contribution in [3.05, 3.63) is 35.1 Å². The van der Waals surface area contributed by atoms with Gasteiger partial charge in [-0.25, -0.2) is 4.39 Å². The quantitative estimate of drug-likeness (QED) is 0.825. The molecule has 2 nitrogen and oxygen atoms in total. The largest absolute Gasteiger partial charge is 0.329 e. The third-order valence-electron chi connectivity index (χ3n) is 2.77. The normalized spacial score (nSPS) is 11.5. The Morgan fingerprint density at radius 1 is 1.35 bits per heavy atom. The van der Waals surface area contributed by atoms with E-state index in [0.29, 0.717) is 12.5 Å². The molecule has 1 aromatic carbocycles. The predicted molar refractivity (Wildman–Crippen MR) is 70.3 cm³/mol. The molecule has 0 saturated heterocycles. The van der Waals surface area contributed by atoms with E-state index in [1.807, 2.05) is 13.0 Å². The van der Waals surface area contributed by atoms with Crippen LogP contribution in [0.4, 0.5) is 4.39 Å². The topological polar surface area (TPSA) is 29.3 Å². The molecule has 0 aromatic heterocycles. The van der Waals surface area contributed by atoms with Gasteiger partial charge in [0.2, 0.25) is 0 Å². The van der Waals surface area contributed by atoms with Crippen molar-refractivity contribution >= 4 is 0 Å². The van der Waals surface area contributed by atoms with Crippen LogP contribution in [0.5, 0.6) is 0 Å². The lowest BCUT2D eigenvalue weighted by molar-refractivity contribution is 0.242. The molecule has 2 N–H and O–H groups in total. The molecule has 0 atom stereocenters. The van der Waals surface area contributed by atoms with Crippen LogP contribution in [0.1, 0.15) is 25.0 Å². The maximum atomic E-state index is 13.0. The number of hydrogen-bond acceptors (Lipinski definition) is 2. The van der Waals surface area contributed by atoms with Gasteiger partial charge in [-0.1, -0.05) is 19.9 Å². The summed E-state index contributed by atoms with van der Waals surface area (Å²) in [6.07, 6.45) is 0. The molecule has 0 radical (unpaired) electrons. The molecule has 0 fully saturated rings. The smallest absolute Gasteiger partial charge is 0.123 e. The number of benzene rings is 1. The molecule has 0 aliphatic heterocycles. The first-order valence-corrected chi connectivity index (χ1v) is 6.20. The second-order valence-corrected chi connectivity index (χ2v) is 4.99. The van der Waals surface area contributed by atoms with E-state index < -0.39 is 0 Å². The molecule has 3 heteroatoms. The molecule has 0 amide bonds. The standard InChI is InChI=1S/C14H23FN2/c1-11(2)9-17(7-6-16)10-13-4-5-14(15)8-12(13)3/h4-5,8,11H,6-7,9-10,16H2,1-3H3. The lowest BCUT2D eigenvalue weighted by Gasteiger charge is -2.24. The van der Waals surface area contributed by atoms with E-state index in [0.717, 1.165) is 25.2 Å². The Morgan fingerprint density at radius 2 is 2.06 bits per heavy atom. The lowest BCUT2D eigenvalue weighted by atomic mass is 10.1. The highest BCUT2D eigenvalue weighted by Gasteiger charge is 2.09. The number of aryl methyl sites for hydroxylation is 1. The van der Waals surface area contributed by atoms with Crippen LogP contribution >= 0.6 is 0 Å². The van der Waals surface area contributed by atoms with Gasteiger partial charge in [0.25, 0.3) is 0 Å². The number of halogens is 1. The summed E-state index contributed by atoms with van der Waals surface area (Å²) in [6.45, 7) is 9.76. The molecular formula is C14H23FN2. The van der Waals surface area contributed by atoms with Gasteiger partial charge in [0.1, 0.15) is 5.82 Å². The van der Waals surface area contributed by atoms with Crippen LogP contribution in [-0.4, -0.2) is 24.5 Å². The van der Waals surface area contributed by atoms with Crippen LogP contribution in [0.3, 0.4) is 0 Å². The van der Waals surface area contributed by atoms with Crippen molar-refractivity contribution in [3.63, 3.8) is 0 Å². The maximum Gasteiger partial charge on any atom is 0.123 e. The molecule has 1 rings (SSSR count). The summed E-state index contributed by atoms with van der Waals surface area (Å²) in [5, 5.41) is 0. The zero-order valence-corrected chi connectivity index (χ0v) is 11.0. The molecule has 0 aliphatic rings. The highest BCUT2D eigenvalue weighted by atomic mass is 19.1. The molecule has 0 unspecified atom stereocenters. The summed E-state index contributed by atoms with van der Waals surface area (Å²) in [6, 6.07) is 4.98. The summed E-state index contributed by atoms with van der Waals surface area (Å²) in [4.78, 5) is 2.32. The van der Waals surface area contributed by atoms with Gasteiger partial charge in [-0.05, 0) is 36.1 Å². The first-order chi connectivity index (χ1) is 8.02. The summed E-state index contributed by atoms with van der Waals surface area (Å²) in [5.41, 5.74) is 7.81. The second kappa shape index (κ2) is 6.72. The fourth-order valence-corrected chi connectivity index (χ4v) is 2.01.